The van der Waals surface area contributed by atoms with Crippen LogP contribution in [0.15, 0.2) is 4.52 Å². The van der Waals surface area contributed by atoms with Gasteiger partial charge in [-0.25, -0.2) is 0 Å². The molecule has 0 radical (unpaired) electrons. The van der Waals surface area contributed by atoms with Gasteiger partial charge in [-0.05, 0) is 34.0 Å². The first kappa shape index (κ1) is 12.5. The number of aromatic nitrogens is 2. The first-order chi connectivity index (χ1) is 8.20. The SMILES string of the molecule is CNC1CCCCC1c1nc(CN(C)C)no1. The summed E-state index contributed by atoms with van der Waals surface area (Å²) in [6.07, 6.45) is 4.90. The molecule has 0 spiro atoms. The van der Waals surface area contributed by atoms with Crippen molar-refractivity contribution < 1.29 is 4.52 Å². The molecular formula is C12H22N4O. The molecule has 2 atom stereocenters. The van der Waals surface area contributed by atoms with E-state index < -0.39 is 0 Å². The summed E-state index contributed by atoms with van der Waals surface area (Å²) < 4.78 is 5.41. The van der Waals surface area contributed by atoms with Crippen LogP contribution >= 0.6 is 0 Å². The van der Waals surface area contributed by atoms with Gasteiger partial charge in [0, 0.05) is 6.04 Å². The molecule has 0 bridgehead atoms. The van der Waals surface area contributed by atoms with E-state index in [1.54, 1.807) is 0 Å². The highest BCUT2D eigenvalue weighted by molar-refractivity contribution is 5.01. The molecule has 1 aliphatic carbocycles. The van der Waals surface area contributed by atoms with Crippen molar-refractivity contribution in [2.24, 2.45) is 0 Å². The van der Waals surface area contributed by atoms with E-state index >= 15 is 0 Å². The lowest BCUT2D eigenvalue weighted by Crippen LogP contribution is -2.34. The Bertz CT molecular complexity index is 350. The van der Waals surface area contributed by atoms with E-state index in [4.69, 9.17) is 4.52 Å². The summed E-state index contributed by atoms with van der Waals surface area (Å²) in [5, 5.41) is 7.41. The molecule has 5 heteroatoms. The lowest BCUT2D eigenvalue weighted by molar-refractivity contribution is 0.268. The fourth-order valence-electron chi connectivity index (χ4n) is 2.54. The van der Waals surface area contributed by atoms with Gasteiger partial charge in [-0.2, -0.15) is 4.98 Å². The number of likely N-dealkylation sites (N-methyl/N-ethyl adjacent to an activating group) is 1. The third-order valence-corrected chi connectivity index (χ3v) is 3.40. The van der Waals surface area contributed by atoms with E-state index in [9.17, 15) is 0 Å². The Hall–Kier alpha value is -0.940. The average molecular weight is 238 g/mol. The van der Waals surface area contributed by atoms with Crippen LogP contribution in [-0.2, 0) is 6.54 Å². The zero-order chi connectivity index (χ0) is 12.3. The second kappa shape index (κ2) is 5.60. The maximum Gasteiger partial charge on any atom is 0.231 e. The molecule has 1 N–H and O–H groups in total. The molecule has 1 aliphatic rings. The Morgan fingerprint density at radius 2 is 2.12 bits per heavy atom. The Balaban J connectivity index is 2.07. The van der Waals surface area contributed by atoms with Crippen LogP contribution in [0.25, 0.3) is 0 Å². The summed E-state index contributed by atoms with van der Waals surface area (Å²) in [5.74, 6) is 1.98. The van der Waals surface area contributed by atoms with E-state index in [1.807, 2.05) is 26.0 Å². The lowest BCUT2D eigenvalue weighted by atomic mass is 9.84. The van der Waals surface area contributed by atoms with Gasteiger partial charge in [0.1, 0.15) is 0 Å². The van der Waals surface area contributed by atoms with Gasteiger partial charge in [0.15, 0.2) is 5.82 Å². The average Bonchev–Trinajstić information content (AvgIpc) is 2.76. The Morgan fingerprint density at radius 1 is 1.35 bits per heavy atom. The third kappa shape index (κ3) is 3.04. The van der Waals surface area contributed by atoms with Crippen molar-refractivity contribution in [3.63, 3.8) is 0 Å². The summed E-state index contributed by atoms with van der Waals surface area (Å²) in [4.78, 5) is 6.56. The van der Waals surface area contributed by atoms with Crippen molar-refractivity contribution in [3.05, 3.63) is 11.7 Å². The van der Waals surface area contributed by atoms with Gasteiger partial charge in [-0.15, -0.1) is 0 Å². The van der Waals surface area contributed by atoms with Crippen LogP contribution < -0.4 is 5.32 Å². The molecule has 17 heavy (non-hydrogen) atoms. The molecule has 1 saturated carbocycles. The summed E-state index contributed by atoms with van der Waals surface area (Å²) in [6.45, 7) is 0.737. The van der Waals surface area contributed by atoms with E-state index in [1.165, 1.54) is 19.3 Å². The molecule has 2 unspecified atom stereocenters. The molecule has 0 aliphatic heterocycles. The normalized spacial score (nSPS) is 25.4. The zero-order valence-corrected chi connectivity index (χ0v) is 10.9. The summed E-state index contributed by atoms with van der Waals surface area (Å²) in [7, 11) is 6.03. The minimum absolute atomic E-state index is 0.386. The van der Waals surface area contributed by atoms with E-state index in [2.05, 4.69) is 15.5 Å². The molecule has 1 heterocycles. The summed E-state index contributed by atoms with van der Waals surface area (Å²) in [6, 6.07) is 0.483. The Labute approximate surface area is 103 Å². The molecule has 0 amide bonds. The van der Waals surface area contributed by atoms with Gasteiger partial charge in [0.2, 0.25) is 5.89 Å². The predicted octanol–water partition coefficient (Wildman–Crippen LogP) is 1.38. The first-order valence-corrected chi connectivity index (χ1v) is 6.35. The second-order valence-corrected chi connectivity index (χ2v) is 5.07. The second-order valence-electron chi connectivity index (χ2n) is 5.07. The monoisotopic (exact) mass is 238 g/mol. The van der Waals surface area contributed by atoms with Crippen molar-refractivity contribution in [3.8, 4) is 0 Å². The molecule has 1 aromatic rings. The van der Waals surface area contributed by atoms with Gasteiger partial charge >= 0.3 is 0 Å². The standard InChI is InChI=1S/C12H22N4O/c1-13-10-7-5-4-6-9(10)12-14-11(15-17-12)8-16(2)3/h9-10,13H,4-8H2,1-3H3. The number of nitrogens with one attached hydrogen (secondary N) is 1. The minimum atomic E-state index is 0.386. The van der Waals surface area contributed by atoms with Crippen LogP contribution in [0.3, 0.4) is 0 Å². The number of hydrogen-bond acceptors (Lipinski definition) is 5. The molecule has 0 aromatic carbocycles. The van der Waals surface area contributed by atoms with Crippen LogP contribution in [0, 0.1) is 0 Å². The molecule has 96 valence electrons. The summed E-state index contributed by atoms with van der Waals surface area (Å²) >= 11 is 0. The molecule has 5 nitrogen and oxygen atoms in total. The maximum absolute atomic E-state index is 5.41. The predicted molar refractivity (Wildman–Crippen MR) is 65.7 cm³/mol. The van der Waals surface area contributed by atoms with Crippen LogP contribution in [0.4, 0.5) is 0 Å². The van der Waals surface area contributed by atoms with Crippen LogP contribution in [-0.4, -0.2) is 42.2 Å². The van der Waals surface area contributed by atoms with Gasteiger partial charge < -0.3 is 14.7 Å². The quantitative estimate of drug-likeness (QED) is 0.858. The van der Waals surface area contributed by atoms with Gasteiger partial charge in [0.05, 0.1) is 12.5 Å². The lowest BCUT2D eigenvalue weighted by Gasteiger charge is -2.28. The minimum Gasteiger partial charge on any atom is -0.339 e. The molecule has 2 rings (SSSR count). The highest BCUT2D eigenvalue weighted by Crippen LogP contribution is 2.31. The molecule has 0 saturated heterocycles. The van der Waals surface area contributed by atoms with Crippen molar-refractivity contribution >= 4 is 0 Å². The van der Waals surface area contributed by atoms with Crippen molar-refractivity contribution in [1.82, 2.24) is 20.4 Å². The topological polar surface area (TPSA) is 54.2 Å². The summed E-state index contributed by atoms with van der Waals surface area (Å²) in [5.41, 5.74) is 0. The van der Waals surface area contributed by atoms with E-state index in [-0.39, 0.29) is 0 Å². The van der Waals surface area contributed by atoms with Crippen LogP contribution in [0.5, 0.6) is 0 Å². The van der Waals surface area contributed by atoms with Crippen molar-refractivity contribution in [1.29, 1.82) is 0 Å². The van der Waals surface area contributed by atoms with Crippen molar-refractivity contribution in [2.75, 3.05) is 21.1 Å². The third-order valence-electron chi connectivity index (χ3n) is 3.40. The number of nitrogens with zero attached hydrogens (tertiary/aromatic N) is 3. The number of hydrogen-bond donors (Lipinski definition) is 1. The maximum atomic E-state index is 5.41. The van der Waals surface area contributed by atoms with Crippen molar-refractivity contribution in [2.45, 2.75) is 44.2 Å². The zero-order valence-electron chi connectivity index (χ0n) is 10.9. The molecular weight excluding hydrogens is 216 g/mol. The van der Waals surface area contributed by atoms with Crippen LogP contribution in [0.1, 0.15) is 43.3 Å². The van der Waals surface area contributed by atoms with E-state index in [0.29, 0.717) is 12.0 Å². The highest BCUT2D eigenvalue weighted by Gasteiger charge is 2.29. The number of rotatable bonds is 4. The molecule has 1 aromatic heterocycles. The fraction of sp³-hybridized carbons (Fsp3) is 0.833. The van der Waals surface area contributed by atoms with Gasteiger partial charge in [-0.3, -0.25) is 0 Å². The van der Waals surface area contributed by atoms with Crippen LogP contribution in [0.2, 0.25) is 0 Å². The smallest absolute Gasteiger partial charge is 0.231 e. The van der Waals surface area contributed by atoms with E-state index in [0.717, 1.165) is 24.7 Å². The fourth-order valence-corrected chi connectivity index (χ4v) is 2.54. The van der Waals surface area contributed by atoms with Gasteiger partial charge in [0.25, 0.3) is 0 Å². The highest BCUT2D eigenvalue weighted by atomic mass is 16.5. The Morgan fingerprint density at radius 3 is 2.82 bits per heavy atom. The molecule has 1 fully saturated rings. The van der Waals surface area contributed by atoms with Gasteiger partial charge in [-0.1, -0.05) is 18.0 Å². The Kier molecular flexibility index (Phi) is 4.12. The largest absolute Gasteiger partial charge is 0.339 e. The first-order valence-electron chi connectivity index (χ1n) is 6.35.